The van der Waals surface area contributed by atoms with E-state index in [1.165, 1.54) is 0 Å². The third kappa shape index (κ3) is 5.81. The van der Waals surface area contributed by atoms with Crippen LogP contribution in [-0.4, -0.2) is 36.3 Å². The molecule has 8 heavy (non-hydrogen) atoms. The maximum atomic E-state index is 9.88. The SMILES string of the molecule is O=C(O)C(Br)(Br)Br.[H-].[H-].[Mg+2]. The van der Waals surface area contributed by atoms with E-state index in [1.807, 2.05) is 0 Å². The minimum Gasteiger partial charge on any atom is -1.00 e. The van der Waals surface area contributed by atoms with Gasteiger partial charge < -0.3 is 7.96 Å². The van der Waals surface area contributed by atoms with Crippen molar-refractivity contribution in [2.45, 2.75) is 2.14 Å². The molecular weight excluding hydrogens is 320 g/mol. The molecule has 0 aromatic carbocycles. The van der Waals surface area contributed by atoms with Gasteiger partial charge in [-0.15, -0.1) is 0 Å². The van der Waals surface area contributed by atoms with Crippen LogP contribution in [0.4, 0.5) is 0 Å². The second-order valence-electron chi connectivity index (χ2n) is 0.803. The molecule has 0 radical (unpaired) electrons. The van der Waals surface area contributed by atoms with Crippen LogP contribution in [0.5, 0.6) is 0 Å². The molecule has 2 nitrogen and oxygen atoms in total. The molecule has 0 aliphatic rings. The quantitative estimate of drug-likeness (QED) is 0.545. The zero-order valence-corrected chi connectivity index (χ0v) is 9.87. The summed E-state index contributed by atoms with van der Waals surface area (Å²) in [7, 11) is 0. The monoisotopic (exact) mass is 320 g/mol. The van der Waals surface area contributed by atoms with E-state index in [0.717, 1.165) is 0 Å². The summed E-state index contributed by atoms with van der Waals surface area (Å²) in [5.74, 6) is -1.01. The van der Waals surface area contributed by atoms with Crippen molar-refractivity contribution >= 4 is 76.8 Å². The predicted octanol–water partition coefficient (Wildman–Crippen LogP) is 1.75. The van der Waals surface area contributed by atoms with Gasteiger partial charge in [0.25, 0.3) is 0 Å². The molecule has 0 spiro atoms. The Kier molecular flexibility index (Phi) is 6.93. The Bertz CT molecular complexity index is 95.0. The van der Waals surface area contributed by atoms with Crippen LogP contribution in [0.3, 0.4) is 0 Å². The molecule has 0 bridgehead atoms. The molecule has 0 saturated heterocycles. The fourth-order valence-corrected chi connectivity index (χ4v) is 0. The smallest absolute Gasteiger partial charge is 1.00 e. The van der Waals surface area contributed by atoms with Gasteiger partial charge in [-0.3, -0.25) is 0 Å². The summed E-state index contributed by atoms with van der Waals surface area (Å²) in [6.07, 6.45) is 0. The van der Waals surface area contributed by atoms with Crippen LogP contribution in [0.2, 0.25) is 0 Å². The Balaban J connectivity index is -0.0000000600. The third-order valence-corrected chi connectivity index (χ3v) is 1.26. The maximum absolute atomic E-state index is 9.88. The summed E-state index contributed by atoms with van der Waals surface area (Å²) in [4.78, 5) is 9.88. The van der Waals surface area contributed by atoms with Gasteiger partial charge in [-0.05, 0) is 47.8 Å². The Labute approximate surface area is 90.9 Å². The summed E-state index contributed by atoms with van der Waals surface area (Å²) >= 11 is 8.33. The molecule has 0 unspecified atom stereocenters. The second-order valence-corrected chi connectivity index (χ2v) is 7.56. The summed E-state index contributed by atoms with van der Waals surface area (Å²) in [6.45, 7) is 0. The van der Waals surface area contributed by atoms with Gasteiger partial charge in [0.15, 0.2) is 0 Å². The van der Waals surface area contributed by atoms with Gasteiger partial charge in [0.05, 0.1) is 0 Å². The first-order valence-electron chi connectivity index (χ1n) is 1.24. The molecule has 0 aliphatic carbocycles. The van der Waals surface area contributed by atoms with Gasteiger partial charge in [0.2, 0.25) is 2.14 Å². The Hall–Kier alpha value is 1.68. The van der Waals surface area contributed by atoms with Crippen molar-refractivity contribution in [3.8, 4) is 0 Å². The predicted molar refractivity (Wildman–Crippen MR) is 45.1 cm³/mol. The summed E-state index contributed by atoms with van der Waals surface area (Å²) < 4.78 is -1.15. The number of rotatable bonds is 0. The fraction of sp³-hybridized carbons (Fsp3) is 0.500. The van der Waals surface area contributed by atoms with E-state index in [-0.39, 0.29) is 25.9 Å². The van der Waals surface area contributed by atoms with E-state index >= 15 is 0 Å². The Morgan fingerprint density at radius 3 is 1.62 bits per heavy atom. The Morgan fingerprint density at radius 1 is 1.50 bits per heavy atom. The molecule has 6 heteroatoms. The average molecular weight is 323 g/mol. The maximum Gasteiger partial charge on any atom is 2.00 e. The molecule has 46 valence electrons. The van der Waals surface area contributed by atoms with E-state index in [0.29, 0.717) is 0 Å². The first-order valence-corrected chi connectivity index (χ1v) is 3.62. The van der Waals surface area contributed by atoms with Gasteiger partial charge in [0.1, 0.15) is 0 Å². The molecule has 0 rings (SSSR count). The third-order valence-electron chi connectivity index (χ3n) is 0.243. The molecule has 0 atom stereocenters. The summed E-state index contributed by atoms with van der Waals surface area (Å²) in [6, 6.07) is 0. The van der Waals surface area contributed by atoms with Crippen molar-refractivity contribution < 1.29 is 12.8 Å². The van der Waals surface area contributed by atoms with Gasteiger partial charge in [0, 0.05) is 0 Å². The van der Waals surface area contributed by atoms with E-state index < -0.39 is 8.11 Å². The first-order chi connectivity index (χ1) is 2.94. The van der Waals surface area contributed by atoms with Crippen LogP contribution >= 0.6 is 47.8 Å². The standard InChI is InChI=1S/C2HBr3O2.Mg.2H/c3-2(4,5)1(6)7;;;/h(H,6,7);;;/q;+2;2*-1. The number of aliphatic carboxylic acids is 1. The van der Waals surface area contributed by atoms with Gasteiger partial charge in [-0.2, -0.15) is 0 Å². The van der Waals surface area contributed by atoms with Crippen LogP contribution in [0.25, 0.3) is 0 Å². The normalized spacial score (nSPS) is 9.88. The van der Waals surface area contributed by atoms with Crippen molar-refractivity contribution in [1.29, 1.82) is 0 Å². The van der Waals surface area contributed by atoms with Crippen LogP contribution in [-0.2, 0) is 4.79 Å². The van der Waals surface area contributed by atoms with Crippen molar-refractivity contribution in [2.75, 3.05) is 0 Å². The summed E-state index contributed by atoms with van der Waals surface area (Å²) in [5.41, 5.74) is 0. The number of alkyl halides is 3. The Morgan fingerprint density at radius 2 is 1.62 bits per heavy atom. The molecule has 1 N–H and O–H groups in total. The second kappa shape index (κ2) is 4.49. The van der Waals surface area contributed by atoms with Crippen molar-refractivity contribution in [3.05, 3.63) is 0 Å². The van der Waals surface area contributed by atoms with Crippen molar-refractivity contribution in [3.63, 3.8) is 0 Å². The van der Waals surface area contributed by atoms with Crippen LogP contribution in [0, 0.1) is 0 Å². The van der Waals surface area contributed by atoms with E-state index in [2.05, 4.69) is 47.8 Å². The number of carboxylic acids is 1. The van der Waals surface area contributed by atoms with Crippen LogP contribution < -0.4 is 0 Å². The van der Waals surface area contributed by atoms with E-state index in [4.69, 9.17) is 5.11 Å². The molecule has 0 heterocycles. The first kappa shape index (κ1) is 12.4. The molecular formula is C2H3Br3MgO2. The number of hydrogen-bond acceptors (Lipinski definition) is 1. The molecule has 0 saturated carbocycles. The average Bonchev–Trinajstić information content (AvgIpc) is 1.31. The zero-order chi connectivity index (χ0) is 6.08. The molecule has 0 aromatic rings. The van der Waals surface area contributed by atoms with Gasteiger partial charge >= 0.3 is 29.0 Å². The van der Waals surface area contributed by atoms with E-state index in [1.54, 1.807) is 0 Å². The largest absolute Gasteiger partial charge is 2.00 e. The number of carbonyl (C=O) groups is 1. The fourth-order valence-electron chi connectivity index (χ4n) is 0. The van der Waals surface area contributed by atoms with Crippen molar-refractivity contribution in [2.24, 2.45) is 0 Å². The molecule has 0 aromatic heterocycles. The van der Waals surface area contributed by atoms with Gasteiger partial charge in [-0.1, -0.05) is 0 Å². The van der Waals surface area contributed by atoms with Crippen LogP contribution in [0.1, 0.15) is 2.85 Å². The minimum absolute atomic E-state index is 0. The molecule has 0 fully saturated rings. The minimum atomic E-state index is -1.15. The topological polar surface area (TPSA) is 37.3 Å². The van der Waals surface area contributed by atoms with Crippen molar-refractivity contribution in [1.82, 2.24) is 0 Å². The number of hydrogen-bond donors (Lipinski definition) is 1. The van der Waals surface area contributed by atoms with E-state index in [9.17, 15) is 4.79 Å². The summed E-state index contributed by atoms with van der Waals surface area (Å²) in [5, 5.41) is 8.11. The zero-order valence-electron chi connectivity index (χ0n) is 5.70. The molecule has 0 amide bonds. The number of carboxylic acid groups (broad SMARTS) is 1. The number of halogens is 3. The van der Waals surface area contributed by atoms with Crippen LogP contribution in [0.15, 0.2) is 0 Å². The molecule has 0 aliphatic heterocycles. The van der Waals surface area contributed by atoms with Gasteiger partial charge in [-0.25, -0.2) is 4.79 Å².